The minimum atomic E-state index is -0.757. The van der Waals surface area contributed by atoms with Gasteiger partial charge in [-0.25, -0.2) is 0 Å². The normalized spacial score (nSPS) is 16.0. The van der Waals surface area contributed by atoms with E-state index in [4.69, 9.17) is 4.74 Å². The molecule has 0 saturated heterocycles. The molecule has 0 N–H and O–H groups in total. The molecule has 2 nitrogen and oxygen atoms in total. The molecule has 2 aliphatic rings. The van der Waals surface area contributed by atoms with Crippen LogP contribution in [0.15, 0.2) is 78.9 Å². The van der Waals surface area contributed by atoms with E-state index in [0.717, 1.165) is 50.8 Å². The lowest BCUT2D eigenvalue weighted by Gasteiger charge is -2.37. The van der Waals surface area contributed by atoms with Gasteiger partial charge in [-0.1, -0.05) is 83.9 Å². The zero-order valence-electron chi connectivity index (χ0n) is 18.3. The number of Topliss-reactive ketones (excluding diaryl/α,β-unsaturated/α-hetero) is 1. The average Bonchev–Trinajstić information content (AvgIpc) is 3.21. The standard InChI is InChI=1S/C30H24O2/c1-19-7-11-21(12-8-19)30(22-13-9-20(2)10-14-22)18-17-26-28-24(15-16-27(28)31)23-5-3-4-6-25(23)29(26)32-30/h3-14,17-18H,15-16H2,1-2H3. The predicted molar refractivity (Wildman–Crippen MR) is 129 cm³/mol. The summed E-state index contributed by atoms with van der Waals surface area (Å²) in [6, 6.07) is 25.4. The number of ether oxygens (including phenoxy) is 1. The Hall–Kier alpha value is -3.65. The molecular weight excluding hydrogens is 392 g/mol. The van der Waals surface area contributed by atoms with Gasteiger partial charge in [-0.05, 0) is 43.4 Å². The molecule has 0 radical (unpaired) electrons. The van der Waals surface area contributed by atoms with E-state index in [2.05, 4.69) is 86.7 Å². The van der Waals surface area contributed by atoms with E-state index in [-0.39, 0.29) is 5.78 Å². The summed E-state index contributed by atoms with van der Waals surface area (Å²) in [4.78, 5) is 12.9. The Morgan fingerprint density at radius 3 is 1.97 bits per heavy atom. The molecule has 0 bridgehead atoms. The molecule has 32 heavy (non-hydrogen) atoms. The fourth-order valence-electron chi connectivity index (χ4n) is 5.19. The minimum Gasteiger partial charge on any atom is -0.472 e. The Balaban J connectivity index is 1.65. The van der Waals surface area contributed by atoms with Gasteiger partial charge in [0.1, 0.15) is 5.75 Å². The van der Waals surface area contributed by atoms with Gasteiger partial charge in [-0.15, -0.1) is 0 Å². The van der Waals surface area contributed by atoms with Gasteiger partial charge in [0, 0.05) is 34.1 Å². The highest BCUT2D eigenvalue weighted by Gasteiger charge is 2.40. The van der Waals surface area contributed by atoms with E-state index in [1.165, 1.54) is 11.1 Å². The zero-order chi connectivity index (χ0) is 21.9. The Kier molecular flexibility index (Phi) is 4.13. The lowest BCUT2D eigenvalue weighted by Crippen LogP contribution is -2.34. The van der Waals surface area contributed by atoms with Crippen LogP contribution in [0.3, 0.4) is 0 Å². The smallest absolute Gasteiger partial charge is 0.178 e. The van der Waals surface area contributed by atoms with Crippen LogP contribution in [0.5, 0.6) is 5.75 Å². The molecule has 0 saturated carbocycles. The summed E-state index contributed by atoms with van der Waals surface area (Å²) >= 11 is 0. The molecule has 6 rings (SSSR count). The maximum absolute atomic E-state index is 12.9. The van der Waals surface area contributed by atoms with Crippen LogP contribution in [-0.2, 0) is 12.0 Å². The van der Waals surface area contributed by atoms with Crippen LogP contribution in [0.2, 0.25) is 0 Å². The van der Waals surface area contributed by atoms with Crippen LogP contribution in [0, 0.1) is 13.8 Å². The molecule has 1 heterocycles. The Morgan fingerprint density at radius 2 is 1.34 bits per heavy atom. The molecule has 1 aliphatic carbocycles. The van der Waals surface area contributed by atoms with Crippen LogP contribution in [0.4, 0.5) is 0 Å². The first kappa shape index (κ1) is 19.1. The molecule has 0 atom stereocenters. The second-order valence-electron chi connectivity index (χ2n) is 8.97. The van der Waals surface area contributed by atoms with E-state index < -0.39 is 5.60 Å². The van der Waals surface area contributed by atoms with Crippen molar-refractivity contribution in [3.63, 3.8) is 0 Å². The predicted octanol–water partition coefficient (Wildman–Crippen LogP) is 6.93. The number of hydrogen-bond acceptors (Lipinski definition) is 2. The lowest BCUT2D eigenvalue weighted by molar-refractivity contribution is 0.0993. The van der Waals surface area contributed by atoms with Crippen molar-refractivity contribution in [1.29, 1.82) is 0 Å². The second-order valence-corrected chi connectivity index (χ2v) is 8.97. The zero-order valence-corrected chi connectivity index (χ0v) is 18.3. The minimum absolute atomic E-state index is 0.216. The second kappa shape index (κ2) is 6.93. The third-order valence-electron chi connectivity index (χ3n) is 6.90. The van der Waals surface area contributed by atoms with Crippen LogP contribution in [0.1, 0.15) is 50.2 Å². The van der Waals surface area contributed by atoms with Crippen LogP contribution in [-0.4, -0.2) is 5.78 Å². The molecule has 4 aromatic rings. The highest BCUT2D eigenvalue weighted by molar-refractivity contribution is 6.11. The molecule has 4 aromatic carbocycles. The third-order valence-corrected chi connectivity index (χ3v) is 6.90. The molecule has 156 valence electrons. The topological polar surface area (TPSA) is 26.3 Å². The lowest BCUT2D eigenvalue weighted by atomic mass is 9.81. The molecule has 1 aliphatic heterocycles. The number of rotatable bonds is 2. The fraction of sp³-hybridized carbons (Fsp3) is 0.167. The van der Waals surface area contributed by atoms with Crippen molar-refractivity contribution in [3.05, 3.63) is 118 Å². The van der Waals surface area contributed by atoms with Crippen molar-refractivity contribution in [3.8, 4) is 5.75 Å². The number of carbonyl (C=O) groups excluding carboxylic acids is 1. The van der Waals surface area contributed by atoms with E-state index in [1.807, 2.05) is 12.1 Å². The number of aryl methyl sites for hydroxylation is 3. The van der Waals surface area contributed by atoms with Crippen molar-refractivity contribution in [2.24, 2.45) is 0 Å². The summed E-state index contributed by atoms with van der Waals surface area (Å²) in [5.41, 5.74) is 6.74. The van der Waals surface area contributed by atoms with Gasteiger partial charge < -0.3 is 4.74 Å². The summed E-state index contributed by atoms with van der Waals surface area (Å²) in [5, 5.41) is 2.20. The first-order chi connectivity index (χ1) is 15.6. The fourth-order valence-corrected chi connectivity index (χ4v) is 5.19. The number of ketones is 1. The van der Waals surface area contributed by atoms with Gasteiger partial charge in [-0.2, -0.15) is 0 Å². The number of benzene rings is 4. The molecule has 0 amide bonds. The monoisotopic (exact) mass is 416 g/mol. The van der Waals surface area contributed by atoms with E-state index >= 15 is 0 Å². The Labute approximate surface area is 188 Å². The van der Waals surface area contributed by atoms with Crippen molar-refractivity contribution in [1.82, 2.24) is 0 Å². The van der Waals surface area contributed by atoms with E-state index in [0.29, 0.717) is 6.42 Å². The number of carbonyl (C=O) groups is 1. The summed E-state index contributed by atoms with van der Waals surface area (Å²) in [5.74, 6) is 1.02. The third kappa shape index (κ3) is 2.69. The highest BCUT2D eigenvalue weighted by Crippen LogP contribution is 2.49. The number of fused-ring (bicyclic) bond motifs is 6. The van der Waals surface area contributed by atoms with Gasteiger partial charge in [0.2, 0.25) is 0 Å². The first-order valence-corrected chi connectivity index (χ1v) is 11.2. The van der Waals surface area contributed by atoms with Crippen molar-refractivity contribution >= 4 is 22.6 Å². The Bertz CT molecular complexity index is 1360. The maximum atomic E-state index is 12.9. The highest BCUT2D eigenvalue weighted by atomic mass is 16.5. The summed E-state index contributed by atoms with van der Waals surface area (Å²) < 4.78 is 7.02. The molecule has 0 fully saturated rings. The molecular formula is C30H24O2. The summed E-state index contributed by atoms with van der Waals surface area (Å²) in [6.07, 6.45) is 5.62. The van der Waals surface area contributed by atoms with Crippen molar-refractivity contribution in [2.75, 3.05) is 0 Å². The van der Waals surface area contributed by atoms with Crippen LogP contribution >= 0.6 is 0 Å². The summed E-state index contributed by atoms with van der Waals surface area (Å²) in [6.45, 7) is 4.19. The van der Waals surface area contributed by atoms with E-state index in [1.54, 1.807) is 0 Å². The molecule has 2 heteroatoms. The van der Waals surface area contributed by atoms with Crippen LogP contribution < -0.4 is 4.74 Å². The van der Waals surface area contributed by atoms with Gasteiger partial charge in [0.05, 0.1) is 0 Å². The van der Waals surface area contributed by atoms with Gasteiger partial charge in [-0.3, -0.25) is 4.79 Å². The van der Waals surface area contributed by atoms with Crippen molar-refractivity contribution in [2.45, 2.75) is 32.3 Å². The van der Waals surface area contributed by atoms with Crippen molar-refractivity contribution < 1.29 is 9.53 Å². The summed E-state index contributed by atoms with van der Waals surface area (Å²) in [7, 11) is 0. The van der Waals surface area contributed by atoms with Crippen LogP contribution in [0.25, 0.3) is 16.8 Å². The SMILES string of the molecule is Cc1ccc(C2(c3ccc(C)cc3)C=Cc3c4c(c5ccccc5c3O2)CCC4=O)cc1. The number of hydrogen-bond donors (Lipinski definition) is 0. The molecule has 0 spiro atoms. The van der Waals surface area contributed by atoms with Gasteiger partial charge >= 0.3 is 0 Å². The Morgan fingerprint density at radius 1 is 0.750 bits per heavy atom. The molecule has 0 aromatic heterocycles. The molecule has 0 unspecified atom stereocenters. The van der Waals surface area contributed by atoms with E-state index in [9.17, 15) is 4.79 Å². The van der Waals surface area contributed by atoms with Gasteiger partial charge in [0.15, 0.2) is 11.4 Å². The average molecular weight is 417 g/mol. The quantitative estimate of drug-likeness (QED) is 0.354. The largest absolute Gasteiger partial charge is 0.472 e. The first-order valence-electron chi connectivity index (χ1n) is 11.2. The van der Waals surface area contributed by atoms with Gasteiger partial charge in [0.25, 0.3) is 0 Å². The maximum Gasteiger partial charge on any atom is 0.178 e.